The summed E-state index contributed by atoms with van der Waals surface area (Å²) in [5.74, 6) is -1.40. The van der Waals surface area contributed by atoms with Crippen molar-refractivity contribution < 1.29 is 37.4 Å². The lowest BCUT2D eigenvalue weighted by molar-refractivity contribution is -0.138. The highest BCUT2D eigenvalue weighted by Gasteiger charge is 2.44. The lowest BCUT2D eigenvalue weighted by Gasteiger charge is -2.25. The van der Waals surface area contributed by atoms with Gasteiger partial charge in [0, 0.05) is 19.4 Å². The molecule has 6 amide bonds. The van der Waals surface area contributed by atoms with Gasteiger partial charge in [0.05, 0.1) is 11.6 Å². The average molecular weight is 662 g/mol. The molecule has 1 rings (SSSR count). The van der Waals surface area contributed by atoms with Gasteiger partial charge < -0.3 is 26.1 Å². The van der Waals surface area contributed by atoms with E-state index >= 15 is 0 Å². The molecule has 0 aromatic carbocycles. The Labute approximate surface area is 266 Å². The van der Waals surface area contributed by atoms with E-state index < -0.39 is 51.5 Å². The predicted molar refractivity (Wildman–Crippen MR) is 174 cm³/mol. The summed E-state index contributed by atoms with van der Waals surface area (Å²) in [5.41, 5.74) is 0.186. The van der Waals surface area contributed by atoms with Gasteiger partial charge in [-0.1, -0.05) is 23.3 Å². The van der Waals surface area contributed by atoms with Crippen LogP contribution in [0.25, 0.3) is 0 Å². The summed E-state index contributed by atoms with van der Waals surface area (Å²) in [6, 6.07) is -2.65. The fourth-order valence-electron chi connectivity index (χ4n) is 4.35. The van der Waals surface area contributed by atoms with E-state index in [2.05, 4.69) is 21.3 Å². The molecule has 4 atom stereocenters. The first-order valence-electron chi connectivity index (χ1n) is 15.1. The Bertz CT molecular complexity index is 1050. The zero-order valence-corrected chi connectivity index (χ0v) is 28.4. The van der Waals surface area contributed by atoms with Crippen LogP contribution in [0.15, 0.2) is 0 Å². The van der Waals surface area contributed by atoms with Crippen LogP contribution in [0.3, 0.4) is 0 Å². The van der Waals surface area contributed by atoms with E-state index in [1.54, 1.807) is 26.5 Å². The molecule has 12 nitrogen and oxygen atoms in total. The number of hydrogen-bond acceptors (Lipinski definition) is 8. The van der Waals surface area contributed by atoms with Crippen LogP contribution in [-0.4, -0.2) is 108 Å². The molecule has 1 heterocycles. The monoisotopic (exact) mass is 661 g/mol. The van der Waals surface area contributed by atoms with Crippen molar-refractivity contribution in [2.45, 2.75) is 102 Å². The Kier molecular flexibility index (Phi) is 17.6. The maximum Gasteiger partial charge on any atom is 0.243 e. The summed E-state index contributed by atoms with van der Waals surface area (Å²) >= 11 is 1.55. The number of amides is 6. The Balaban J connectivity index is 2.25. The van der Waals surface area contributed by atoms with Crippen molar-refractivity contribution in [1.29, 1.82) is 0 Å². The van der Waals surface area contributed by atoms with Gasteiger partial charge in [-0.3, -0.25) is 33.7 Å². The van der Waals surface area contributed by atoms with Crippen LogP contribution in [0, 0.1) is 0 Å². The van der Waals surface area contributed by atoms with Crippen LogP contribution >= 0.6 is 22.2 Å². The van der Waals surface area contributed by atoms with E-state index in [9.17, 15) is 37.4 Å². The van der Waals surface area contributed by atoms with Crippen LogP contribution in [0.4, 0.5) is 3.89 Å². The van der Waals surface area contributed by atoms with Crippen LogP contribution < -0.4 is 21.3 Å². The first-order chi connectivity index (χ1) is 20.5. The van der Waals surface area contributed by atoms with E-state index in [0.29, 0.717) is 31.6 Å². The topological polar surface area (TPSA) is 171 Å². The van der Waals surface area contributed by atoms with E-state index in [-0.39, 0.29) is 42.8 Å². The zero-order chi connectivity index (χ0) is 33.4. The van der Waals surface area contributed by atoms with Crippen molar-refractivity contribution in [3.63, 3.8) is 0 Å². The summed E-state index contributed by atoms with van der Waals surface area (Å²) in [6.45, 7) is 4.69. The lowest BCUT2D eigenvalue weighted by atomic mass is 9.97. The summed E-state index contributed by atoms with van der Waals surface area (Å²) in [6.07, 6.45) is 7.65. The second kappa shape index (κ2) is 19.7. The number of carbonyl (C=O) groups is 7. The highest BCUT2D eigenvalue weighted by atomic mass is 32.3. The number of nitrogens with one attached hydrogen (secondary N) is 4. The molecule has 1 aliphatic rings. The number of unbranched alkanes of at least 4 members (excludes halogenated alkanes) is 4. The van der Waals surface area contributed by atoms with E-state index in [0.717, 1.165) is 29.9 Å². The average Bonchev–Trinajstić information content (AvgIpc) is 3.22. The Morgan fingerprint density at radius 3 is 1.98 bits per heavy atom. The van der Waals surface area contributed by atoms with Gasteiger partial charge in [0.15, 0.2) is 7.85 Å². The van der Waals surface area contributed by atoms with Crippen LogP contribution in [0.2, 0.25) is 0 Å². The van der Waals surface area contributed by atoms with Gasteiger partial charge >= 0.3 is 0 Å². The summed E-state index contributed by atoms with van der Waals surface area (Å²) < 4.78 is 14.2. The standard InChI is InChI=1S/C28H49BFN5O7S2/c1-18(25(39)31-17-43-15-11-7-8-12-22(29)36)33-27(41)20(3)34-26(40)19(2)32-23(37)13-9-6-10-14-35-24(38)16-21(28(35)42)44(4,5)30/h18-21H,6-17,29H2,1-5H3,(H,31,39)(H,32,37)(H,33,41)(H,34,40)/t18-,19-,20+,21?/m0/s1. The molecule has 0 spiro atoms. The van der Waals surface area contributed by atoms with Crippen molar-refractivity contribution in [2.75, 3.05) is 30.7 Å². The molecular weight excluding hydrogens is 612 g/mol. The minimum absolute atomic E-state index is 0.0973. The molecule has 0 saturated carbocycles. The number of halogens is 1. The second-order valence-corrected chi connectivity index (χ2v) is 15.7. The van der Waals surface area contributed by atoms with Gasteiger partial charge in [-0.2, -0.15) is 3.89 Å². The van der Waals surface area contributed by atoms with Crippen LogP contribution in [0.1, 0.15) is 78.6 Å². The molecule has 1 unspecified atom stereocenters. The summed E-state index contributed by atoms with van der Waals surface area (Å²) in [4.78, 5) is 86.0. The molecule has 0 bridgehead atoms. The Morgan fingerprint density at radius 1 is 0.864 bits per heavy atom. The zero-order valence-electron chi connectivity index (χ0n) is 26.8. The normalized spacial score (nSPS) is 17.4. The van der Waals surface area contributed by atoms with E-state index in [4.69, 9.17) is 0 Å². The molecule has 0 aromatic rings. The number of hydrogen-bond donors (Lipinski definition) is 4. The third-order valence-electron chi connectivity index (χ3n) is 7.11. The molecule has 0 aromatic heterocycles. The number of nitrogens with zero attached hydrogens (tertiary/aromatic N) is 1. The summed E-state index contributed by atoms with van der Waals surface area (Å²) in [7, 11) is -1.08. The van der Waals surface area contributed by atoms with Crippen molar-refractivity contribution in [3.05, 3.63) is 0 Å². The highest BCUT2D eigenvalue weighted by Crippen LogP contribution is 2.51. The Hall–Kier alpha value is -2.62. The number of rotatable bonds is 21. The number of carbonyl (C=O) groups excluding carboxylic acids is 7. The van der Waals surface area contributed by atoms with Gasteiger partial charge in [0.1, 0.15) is 23.4 Å². The van der Waals surface area contributed by atoms with Crippen LogP contribution in [0.5, 0.6) is 0 Å². The highest BCUT2D eigenvalue weighted by molar-refractivity contribution is 8.29. The molecule has 16 heteroatoms. The molecule has 1 saturated heterocycles. The van der Waals surface area contributed by atoms with Gasteiger partial charge in [-0.25, -0.2) is 0 Å². The molecule has 44 heavy (non-hydrogen) atoms. The lowest BCUT2D eigenvalue weighted by Crippen LogP contribution is -2.54. The molecule has 0 radical (unpaired) electrons. The van der Waals surface area contributed by atoms with Gasteiger partial charge in [-0.15, -0.1) is 11.8 Å². The predicted octanol–water partition coefficient (Wildman–Crippen LogP) is 0.664. The first kappa shape index (κ1) is 39.4. The fourth-order valence-corrected chi connectivity index (χ4v) is 6.29. The number of imide groups is 1. The second-order valence-electron chi connectivity index (χ2n) is 11.5. The molecule has 250 valence electrons. The maximum absolute atomic E-state index is 14.2. The van der Waals surface area contributed by atoms with Crippen molar-refractivity contribution in [3.8, 4) is 0 Å². The van der Waals surface area contributed by atoms with E-state index in [1.165, 1.54) is 26.4 Å². The van der Waals surface area contributed by atoms with Gasteiger partial charge in [0.2, 0.25) is 35.4 Å². The molecule has 0 aliphatic carbocycles. The quantitative estimate of drug-likeness (QED) is 0.0602. The number of likely N-dealkylation sites (tertiary alicyclic amines) is 1. The van der Waals surface area contributed by atoms with Gasteiger partial charge in [0.25, 0.3) is 0 Å². The maximum atomic E-state index is 14.2. The van der Waals surface area contributed by atoms with Crippen molar-refractivity contribution in [2.24, 2.45) is 0 Å². The molecule has 1 aliphatic heterocycles. The van der Waals surface area contributed by atoms with Crippen molar-refractivity contribution >= 4 is 71.1 Å². The first-order valence-corrected chi connectivity index (χ1v) is 18.6. The largest absolute Gasteiger partial charge is 0.345 e. The summed E-state index contributed by atoms with van der Waals surface area (Å²) in [5, 5.41) is 9.52. The minimum Gasteiger partial charge on any atom is -0.345 e. The third-order valence-corrected chi connectivity index (χ3v) is 9.75. The SMILES string of the molecule is BC(=O)CCCCCSCNC(=O)[C@H](C)NC(=O)[C@@H](C)NC(=O)[C@H](C)NC(=O)CCCCCN1C(=O)CC(S(C)(C)F)C1=O. The Morgan fingerprint density at radius 2 is 1.41 bits per heavy atom. The van der Waals surface area contributed by atoms with Crippen LogP contribution in [-0.2, 0) is 33.6 Å². The number of thioether (sulfide) groups is 1. The van der Waals surface area contributed by atoms with Crippen molar-refractivity contribution in [1.82, 2.24) is 26.2 Å². The van der Waals surface area contributed by atoms with Gasteiger partial charge in [-0.05, 0) is 71.1 Å². The fraction of sp³-hybridized carbons (Fsp3) is 0.750. The van der Waals surface area contributed by atoms with E-state index in [1.807, 2.05) is 0 Å². The molecule has 1 fully saturated rings. The molecular formula is C28H49BFN5O7S2. The third kappa shape index (κ3) is 14.9. The minimum atomic E-state index is -2.66. The smallest absolute Gasteiger partial charge is 0.243 e. The molecule has 4 N–H and O–H groups in total.